The normalized spacial score (nSPS) is 11.8. The van der Waals surface area contributed by atoms with Crippen LogP contribution in [0.25, 0.3) is 10.9 Å². The van der Waals surface area contributed by atoms with Crippen molar-refractivity contribution in [2.24, 2.45) is 0 Å². The number of unbranched alkanes of at least 4 members (excludes halogenated alkanes) is 13. The highest BCUT2D eigenvalue weighted by Crippen LogP contribution is 2.18. The maximum absolute atomic E-state index is 12.1. The fourth-order valence-electron chi connectivity index (χ4n) is 3.71. The van der Waals surface area contributed by atoms with Gasteiger partial charge >= 0.3 is 11.7 Å². The number of benzene rings is 1. The maximum atomic E-state index is 12.1. The summed E-state index contributed by atoms with van der Waals surface area (Å²) >= 11 is 0. The topological polar surface area (TPSA) is 107 Å². The predicted molar refractivity (Wildman–Crippen MR) is 126 cm³/mol. The lowest BCUT2D eigenvalue weighted by molar-refractivity contribution is 0.211. The molecule has 0 atom stereocenters. The number of hydrogen-bond donors (Lipinski definition) is 1. The molecule has 7 nitrogen and oxygen atoms in total. The second-order valence-corrected chi connectivity index (χ2v) is 9.79. The van der Waals surface area contributed by atoms with Gasteiger partial charge in [-0.25, -0.2) is 4.79 Å². The van der Waals surface area contributed by atoms with Crippen LogP contribution in [0.2, 0.25) is 0 Å². The quantitative estimate of drug-likeness (QED) is 0.215. The number of hydrogen-bond acceptors (Lipinski definition) is 6. The van der Waals surface area contributed by atoms with E-state index in [1.54, 1.807) is 0 Å². The van der Waals surface area contributed by atoms with Crippen LogP contribution in [-0.2, 0) is 10.1 Å². The molecule has 0 amide bonds. The summed E-state index contributed by atoms with van der Waals surface area (Å²) in [5.74, 6) is 0. The lowest BCUT2D eigenvalue weighted by Gasteiger charge is -2.05. The third-order valence-electron chi connectivity index (χ3n) is 5.60. The Hall–Kier alpha value is -1.93. The molecule has 32 heavy (non-hydrogen) atoms. The fourth-order valence-corrected chi connectivity index (χ4v) is 4.22. The van der Waals surface area contributed by atoms with Crippen LogP contribution in [0.1, 0.15) is 96.8 Å². The van der Waals surface area contributed by atoms with Gasteiger partial charge in [-0.15, -0.1) is 0 Å². The van der Waals surface area contributed by atoms with Crippen molar-refractivity contribution in [2.45, 2.75) is 102 Å². The molecule has 180 valence electrons. The van der Waals surface area contributed by atoms with Gasteiger partial charge in [-0.1, -0.05) is 90.4 Å². The van der Waals surface area contributed by atoms with Gasteiger partial charge in [0.05, 0.1) is 22.4 Å². The van der Waals surface area contributed by atoms with Crippen LogP contribution in [0.5, 0.6) is 6.08 Å². The number of aromatic nitrogens is 1. The van der Waals surface area contributed by atoms with E-state index in [1.165, 1.54) is 82.8 Å². The van der Waals surface area contributed by atoms with Crippen LogP contribution in [0.4, 0.5) is 0 Å². The smallest absolute Gasteiger partial charge is 0.397 e. The van der Waals surface area contributed by atoms with Gasteiger partial charge in [0.1, 0.15) is 0 Å². The summed E-state index contributed by atoms with van der Waals surface area (Å²) < 4.78 is 42.0. The van der Waals surface area contributed by atoms with Crippen LogP contribution < -0.4 is 10.4 Å². The van der Waals surface area contributed by atoms with Gasteiger partial charge in [-0.2, -0.15) is 13.4 Å². The molecule has 8 heteroatoms. The van der Waals surface area contributed by atoms with Gasteiger partial charge in [0.15, 0.2) is 0 Å². The highest BCUT2D eigenvalue weighted by molar-refractivity contribution is 7.85. The van der Waals surface area contributed by atoms with Gasteiger partial charge in [0.25, 0.3) is 10.1 Å². The van der Waals surface area contributed by atoms with Crippen molar-refractivity contribution in [3.8, 4) is 6.08 Å². The zero-order chi connectivity index (χ0) is 23.2. The Morgan fingerprint density at radius 1 is 0.875 bits per heavy atom. The molecular formula is C24H37NO6S. The minimum absolute atomic E-state index is 0.0241. The van der Waals surface area contributed by atoms with E-state index in [1.807, 2.05) is 0 Å². The third kappa shape index (κ3) is 9.69. The molecule has 1 N–H and O–H groups in total. The molecule has 0 radical (unpaired) electrons. The van der Waals surface area contributed by atoms with Crippen LogP contribution >= 0.6 is 0 Å². The lowest BCUT2D eigenvalue weighted by Crippen LogP contribution is -2.07. The molecule has 0 saturated carbocycles. The summed E-state index contributed by atoms with van der Waals surface area (Å²) in [6.45, 7) is 2.66. The average molecular weight is 468 g/mol. The van der Waals surface area contributed by atoms with E-state index in [9.17, 15) is 13.2 Å². The molecule has 1 aromatic carbocycles. The molecule has 0 unspecified atom stereocenters. The van der Waals surface area contributed by atoms with Gasteiger partial charge < -0.3 is 9.15 Å². The second kappa shape index (κ2) is 14.3. The monoisotopic (exact) mass is 467 g/mol. The van der Waals surface area contributed by atoms with Crippen molar-refractivity contribution in [1.82, 2.24) is 4.98 Å². The van der Waals surface area contributed by atoms with Gasteiger partial charge in [-0.3, -0.25) is 4.55 Å². The van der Waals surface area contributed by atoms with E-state index >= 15 is 0 Å². The van der Waals surface area contributed by atoms with Gasteiger partial charge in [0, 0.05) is 0 Å². The highest BCUT2D eigenvalue weighted by atomic mass is 32.2. The predicted octanol–water partition coefficient (Wildman–Crippen LogP) is 6.29. The van der Waals surface area contributed by atoms with Crippen molar-refractivity contribution in [2.75, 3.05) is 6.61 Å². The minimum atomic E-state index is -4.40. The summed E-state index contributed by atoms with van der Waals surface area (Å²) in [7, 11) is -4.40. The number of fused-ring (bicyclic) bond motifs is 1. The molecule has 0 aliphatic rings. The van der Waals surface area contributed by atoms with E-state index in [0.717, 1.165) is 25.3 Å². The first-order chi connectivity index (χ1) is 15.4. The molecule has 2 aromatic rings. The minimum Gasteiger partial charge on any atom is -0.450 e. The van der Waals surface area contributed by atoms with E-state index in [-0.39, 0.29) is 21.9 Å². The summed E-state index contributed by atoms with van der Waals surface area (Å²) in [4.78, 5) is 15.8. The molecular weight excluding hydrogens is 430 g/mol. The third-order valence-corrected chi connectivity index (χ3v) is 6.45. The van der Waals surface area contributed by atoms with Crippen LogP contribution in [0.15, 0.2) is 32.3 Å². The molecule has 0 aliphatic heterocycles. The van der Waals surface area contributed by atoms with Crippen molar-refractivity contribution < 1.29 is 22.1 Å². The highest BCUT2D eigenvalue weighted by Gasteiger charge is 2.14. The molecule has 1 aromatic heterocycles. The van der Waals surface area contributed by atoms with Gasteiger partial charge in [-0.05, 0) is 24.6 Å². The first kappa shape index (κ1) is 26.3. The molecule has 0 fully saturated rings. The molecule has 0 aliphatic carbocycles. The Bertz CT molecular complexity index is 970. The Morgan fingerprint density at radius 3 is 1.94 bits per heavy atom. The Labute approximate surface area is 191 Å². The Morgan fingerprint density at radius 2 is 1.41 bits per heavy atom. The van der Waals surface area contributed by atoms with Gasteiger partial charge in [0.2, 0.25) is 0 Å². The molecule has 0 bridgehead atoms. The average Bonchev–Trinajstić information content (AvgIpc) is 2.75. The number of nitrogens with zero attached hydrogens (tertiary/aromatic N) is 1. The summed E-state index contributed by atoms with van der Waals surface area (Å²) in [5, 5.41) is -0.0241. The van der Waals surface area contributed by atoms with E-state index in [0.29, 0.717) is 6.61 Å². The molecule has 1 heterocycles. The summed E-state index contributed by atoms with van der Waals surface area (Å²) in [6.07, 6.45) is 17.7. The number of rotatable bonds is 17. The molecule has 2 rings (SSSR count). The first-order valence-electron chi connectivity index (χ1n) is 12.0. The standard InChI is InChI=1S/C24H37NO6S/c1-2-3-4-5-6-7-8-9-10-11-12-13-14-15-18-30-24-25-22-17-16-20(32(27,28)29)19-21(22)23(26)31-24/h16-17,19H,2-15,18H2,1H3,(H,27,28,29). The summed E-state index contributed by atoms with van der Waals surface area (Å²) in [6, 6.07) is 3.57. The van der Waals surface area contributed by atoms with Crippen LogP contribution in [0.3, 0.4) is 0 Å². The number of ether oxygens (including phenoxy) is 1. The summed E-state index contributed by atoms with van der Waals surface area (Å²) in [5.41, 5.74) is -0.499. The Balaban J connectivity index is 1.56. The van der Waals surface area contributed by atoms with Crippen LogP contribution in [0, 0.1) is 0 Å². The van der Waals surface area contributed by atoms with E-state index in [4.69, 9.17) is 13.7 Å². The van der Waals surface area contributed by atoms with E-state index in [2.05, 4.69) is 11.9 Å². The van der Waals surface area contributed by atoms with Crippen molar-refractivity contribution in [3.63, 3.8) is 0 Å². The lowest BCUT2D eigenvalue weighted by atomic mass is 10.0. The first-order valence-corrected chi connectivity index (χ1v) is 13.4. The fraction of sp³-hybridized carbons (Fsp3) is 0.667. The zero-order valence-electron chi connectivity index (χ0n) is 19.2. The Kier molecular flexibility index (Phi) is 11.7. The van der Waals surface area contributed by atoms with Crippen molar-refractivity contribution in [1.29, 1.82) is 0 Å². The molecule has 0 saturated heterocycles. The van der Waals surface area contributed by atoms with Crippen LogP contribution in [-0.4, -0.2) is 24.6 Å². The van der Waals surface area contributed by atoms with Crippen molar-refractivity contribution in [3.05, 3.63) is 28.6 Å². The van der Waals surface area contributed by atoms with E-state index < -0.39 is 15.7 Å². The SMILES string of the molecule is CCCCCCCCCCCCCCCCOc1nc2ccc(S(=O)(=O)O)cc2c(=O)o1. The van der Waals surface area contributed by atoms with Crippen molar-refractivity contribution >= 4 is 21.0 Å². The second-order valence-electron chi connectivity index (χ2n) is 8.37. The maximum Gasteiger partial charge on any atom is 0.397 e. The zero-order valence-corrected chi connectivity index (χ0v) is 20.0. The molecule has 0 spiro atoms. The largest absolute Gasteiger partial charge is 0.450 e.